The fraction of sp³-hybridized carbons (Fsp3) is 0.600. The molecule has 1 saturated heterocycles. The van der Waals surface area contributed by atoms with Crippen molar-refractivity contribution in [3.8, 4) is 0 Å². The molecule has 1 atom stereocenters. The Kier molecular flexibility index (Phi) is 7.45. The van der Waals surface area contributed by atoms with E-state index in [9.17, 15) is 9.59 Å². The molecule has 1 aromatic rings. The van der Waals surface area contributed by atoms with E-state index < -0.39 is 11.7 Å². The SMILES string of the molecule is CC(C)(C)OC(=O)NCC(=O)NC[C@H]1CCCCN1Cc1ccccc1. The van der Waals surface area contributed by atoms with E-state index in [1.807, 2.05) is 6.07 Å². The Morgan fingerprint density at radius 3 is 2.58 bits per heavy atom. The predicted octanol–water partition coefficient (Wildman–Crippen LogP) is 2.68. The van der Waals surface area contributed by atoms with Gasteiger partial charge in [-0.15, -0.1) is 0 Å². The maximum Gasteiger partial charge on any atom is 0.408 e. The van der Waals surface area contributed by atoms with Gasteiger partial charge in [-0.3, -0.25) is 9.69 Å². The van der Waals surface area contributed by atoms with Gasteiger partial charge >= 0.3 is 6.09 Å². The molecular weight excluding hydrogens is 330 g/mol. The average molecular weight is 361 g/mol. The van der Waals surface area contributed by atoms with Gasteiger partial charge in [0.05, 0.1) is 6.54 Å². The summed E-state index contributed by atoms with van der Waals surface area (Å²) in [4.78, 5) is 26.1. The first-order valence-corrected chi connectivity index (χ1v) is 9.35. The number of rotatable bonds is 6. The molecule has 26 heavy (non-hydrogen) atoms. The quantitative estimate of drug-likeness (QED) is 0.817. The van der Waals surface area contributed by atoms with Crippen LogP contribution < -0.4 is 10.6 Å². The topological polar surface area (TPSA) is 70.7 Å². The standard InChI is InChI=1S/C20H31N3O3/c1-20(2,3)26-19(25)22-14-18(24)21-13-17-11-7-8-12-23(17)15-16-9-5-4-6-10-16/h4-6,9-10,17H,7-8,11-15H2,1-3H3,(H,21,24)(H,22,25)/t17-/m1/s1. The number of hydrogen-bond donors (Lipinski definition) is 2. The molecule has 0 aromatic heterocycles. The fourth-order valence-corrected chi connectivity index (χ4v) is 3.08. The first-order chi connectivity index (χ1) is 12.3. The van der Waals surface area contributed by atoms with Gasteiger partial charge in [-0.2, -0.15) is 0 Å². The Bertz CT molecular complexity index is 584. The van der Waals surface area contributed by atoms with Crippen molar-refractivity contribution in [2.45, 2.75) is 58.2 Å². The molecule has 0 saturated carbocycles. The van der Waals surface area contributed by atoms with Crippen molar-refractivity contribution in [3.05, 3.63) is 35.9 Å². The summed E-state index contributed by atoms with van der Waals surface area (Å²) in [5.41, 5.74) is 0.720. The van der Waals surface area contributed by atoms with E-state index in [0.29, 0.717) is 12.6 Å². The molecule has 2 rings (SSSR count). The van der Waals surface area contributed by atoms with Gasteiger partial charge in [0.1, 0.15) is 5.60 Å². The molecular formula is C20H31N3O3. The van der Waals surface area contributed by atoms with Crippen LogP contribution in [0.1, 0.15) is 45.6 Å². The van der Waals surface area contributed by atoms with Crippen LogP contribution in [-0.2, 0) is 16.1 Å². The van der Waals surface area contributed by atoms with Gasteiger partial charge in [-0.1, -0.05) is 36.8 Å². The van der Waals surface area contributed by atoms with E-state index in [0.717, 1.165) is 19.5 Å². The van der Waals surface area contributed by atoms with E-state index in [1.165, 1.54) is 18.4 Å². The number of alkyl carbamates (subject to hydrolysis) is 1. The highest BCUT2D eigenvalue weighted by molar-refractivity contribution is 5.82. The van der Waals surface area contributed by atoms with Crippen LogP contribution in [0.5, 0.6) is 0 Å². The third kappa shape index (κ3) is 7.44. The fourth-order valence-electron chi connectivity index (χ4n) is 3.08. The van der Waals surface area contributed by atoms with Crippen molar-refractivity contribution < 1.29 is 14.3 Å². The van der Waals surface area contributed by atoms with Crippen LogP contribution in [0.25, 0.3) is 0 Å². The lowest BCUT2D eigenvalue weighted by atomic mass is 10.0. The van der Waals surface area contributed by atoms with E-state index in [2.05, 4.69) is 39.8 Å². The number of benzene rings is 1. The van der Waals surface area contributed by atoms with Crippen LogP contribution in [0.4, 0.5) is 4.79 Å². The van der Waals surface area contributed by atoms with Crippen LogP contribution in [0.3, 0.4) is 0 Å². The molecule has 2 amide bonds. The van der Waals surface area contributed by atoms with E-state index in [-0.39, 0.29) is 12.5 Å². The zero-order valence-electron chi connectivity index (χ0n) is 16.1. The third-order valence-electron chi connectivity index (χ3n) is 4.30. The Labute approximate surface area is 156 Å². The maximum atomic E-state index is 12.0. The highest BCUT2D eigenvalue weighted by Gasteiger charge is 2.23. The molecule has 0 bridgehead atoms. The molecule has 0 unspecified atom stereocenters. The van der Waals surface area contributed by atoms with Crippen LogP contribution in [0.15, 0.2) is 30.3 Å². The normalized spacial score (nSPS) is 18.2. The van der Waals surface area contributed by atoms with Gasteiger partial charge in [0.15, 0.2) is 0 Å². The number of likely N-dealkylation sites (tertiary alicyclic amines) is 1. The van der Waals surface area contributed by atoms with Crippen molar-refractivity contribution in [1.82, 2.24) is 15.5 Å². The van der Waals surface area contributed by atoms with Gasteiger partial charge < -0.3 is 15.4 Å². The molecule has 0 radical (unpaired) electrons. The lowest BCUT2D eigenvalue weighted by Gasteiger charge is -2.36. The van der Waals surface area contributed by atoms with Crippen molar-refractivity contribution in [2.75, 3.05) is 19.6 Å². The van der Waals surface area contributed by atoms with Crippen molar-refractivity contribution in [2.24, 2.45) is 0 Å². The number of hydrogen-bond acceptors (Lipinski definition) is 4. The van der Waals surface area contributed by atoms with Gasteiger partial charge in [0, 0.05) is 19.1 Å². The summed E-state index contributed by atoms with van der Waals surface area (Å²) >= 11 is 0. The summed E-state index contributed by atoms with van der Waals surface area (Å²) in [6.07, 6.45) is 2.88. The Balaban J connectivity index is 1.75. The smallest absolute Gasteiger partial charge is 0.408 e. The molecule has 1 fully saturated rings. The molecule has 0 aliphatic carbocycles. The molecule has 1 aliphatic heterocycles. The Hall–Kier alpha value is -2.08. The largest absolute Gasteiger partial charge is 0.444 e. The van der Waals surface area contributed by atoms with Crippen LogP contribution in [0.2, 0.25) is 0 Å². The monoisotopic (exact) mass is 361 g/mol. The number of carbonyl (C=O) groups is 2. The average Bonchev–Trinajstić information content (AvgIpc) is 2.59. The molecule has 0 spiro atoms. The first kappa shape index (κ1) is 20.2. The zero-order valence-corrected chi connectivity index (χ0v) is 16.1. The van der Waals surface area contributed by atoms with Crippen molar-refractivity contribution in [3.63, 3.8) is 0 Å². The molecule has 2 N–H and O–H groups in total. The van der Waals surface area contributed by atoms with Gasteiger partial charge in [0.25, 0.3) is 0 Å². The highest BCUT2D eigenvalue weighted by atomic mass is 16.6. The number of nitrogens with zero attached hydrogens (tertiary/aromatic N) is 1. The van der Waals surface area contributed by atoms with E-state index in [1.54, 1.807) is 20.8 Å². The minimum absolute atomic E-state index is 0.0691. The molecule has 6 heteroatoms. The summed E-state index contributed by atoms with van der Waals surface area (Å²) in [5, 5.41) is 5.43. The second kappa shape index (κ2) is 9.57. The molecule has 1 aliphatic rings. The molecule has 6 nitrogen and oxygen atoms in total. The summed E-state index contributed by atoms with van der Waals surface area (Å²) < 4.78 is 5.13. The number of ether oxygens (including phenoxy) is 1. The van der Waals surface area contributed by atoms with Gasteiger partial charge in [-0.05, 0) is 45.7 Å². The minimum Gasteiger partial charge on any atom is -0.444 e. The molecule has 144 valence electrons. The second-order valence-corrected chi connectivity index (χ2v) is 7.77. The lowest BCUT2D eigenvalue weighted by molar-refractivity contribution is -0.120. The number of amides is 2. The van der Waals surface area contributed by atoms with Crippen molar-refractivity contribution >= 4 is 12.0 Å². The minimum atomic E-state index is -0.573. The van der Waals surface area contributed by atoms with Crippen LogP contribution in [-0.4, -0.2) is 48.2 Å². The summed E-state index contributed by atoms with van der Waals surface area (Å²) in [7, 11) is 0. The summed E-state index contributed by atoms with van der Waals surface area (Å²) in [6.45, 7) is 7.84. The third-order valence-corrected chi connectivity index (χ3v) is 4.30. The Morgan fingerprint density at radius 2 is 1.88 bits per heavy atom. The zero-order chi connectivity index (χ0) is 19.0. The van der Waals surface area contributed by atoms with Gasteiger partial charge in [-0.25, -0.2) is 4.79 Å². The summed E-state index contributed by atoms with van der Waals surface area (Å²) in [5.74, 6) is -0.193. The number of piperidine rings is 1. The summed E-state index contributed by atoms with van der Waals surface area (Å²) in [6, 6.07) is 10.7. The van der Waals surface area contributed by atoms with Gasteiger partial charge in [0.2, 0.25) is 5.91 Å². The van der Waals surface area contributed by atoms with Crippen LogP contribution in [0, 0.1) is 0 Å². The van der Waals surface area contributed by atoms with Crippen molar-refractivity contribution in [1.29, 1.82) is 0 Å². The number of nitrogens with one attached hydrogen (secondary N) is 2. The second-order valence-electron chi connectivity index (χ2n) is 7.77. The molecule has 1 heterocycles. The Morgan fingerprint density at radius 1 is 1.15 bits per heavy atom. The highest BCUT2D eigenvalue weighted by Crippen LogP contribution is 2.19. The molecule has 1 aromatic carbocycles. The predicted molar refractivity (Wildman–Crippen MR) is 102 cm³/mol. The lowest BCUT2D eigenvalue weighted by Crippen LogP contribution is -2.48. The van der Waals surface area contributed by atoms with E-state index >= 15 is 0 Å². The maximum absolute atomic E-state index is 12.0. The first-order valence-electron chi connectivity index (χ1n) is 9.35. The number of carbonyl (C=O) groups excluding carboxylic acids is 2. The van der Waals surface area contributed by atoms with E-state index in [4.69, 9.17) is 4.74 Å². The van der Waals surface area contributed by atoms with Crippen LogP contribution >= 0.6 is 0 Å².